The summed E-state index contributed by atoms with van der Waals surface area (Å²) in [6.45, 7) is 7.91. The summed E-state index contributed by atoms with van der Waals surface area (Å²) in [5.41, 5.74) is 6.29. The third-order valence-corrected chi connectivity index (χ3v) is 1.73. The summed E-state index contributed by atoms with van der Waals surface area (Å²) in [5, 5.41) is 0. The van der Waals surface area contributed by atoms with Gasteiger partial charge in [0, 0.05) is 5.92 Å². The standard InChI is InChI=1S/C8H20N3/c1-6(2)8(7(3)9)11(4,5)10/h6,8H,3,9-10H2,1-2,4-5H3/q+1. The van der Waals surface area contributed by atoms with Crippen molar-refractivity contribution in [3.63, 3.8) is 0 Å². The lowest BCUT2D eigenvalue weighted by Crippen LogP contribution is -2.58. The predicted molar refractivity (Wildman–Crippen MR) is 48.2 cm³/mol. The Bertz CT molecular complexity index is 144. The molecule has 66 valence electrons. The van der Waals surface area contributed by atoms with Gasteiger partial charge in [-0.05, 0) is 0 Å². The second-order valence-electron chi connectivity index (χ2n) is 3.89. The molecule has 0 aromatic carbocycles. The molecule has 0 heterocycles. The molecular formula is C8H20N3+. The van der Waals surface area contributed by atoms with Crippen LogP contribution in [0.1, 0.15) is 13.8 Å². The Morgan fingerprint density at radius 3 is 1.73 bits per heavy atom. The second-order valence-corrected chi connectivity index (χ2v) is 3.89. The van der Waals surface area contributed by atoms with Crippen LogP contribution in [0.3, 0.4) is 0 Å². The molecule has 3 heteroatoms. The lowest BCUT2D eigenvalue weighted by molar-refractivity contribution is -0.924. The van der Waals surface area contributed by atoms with E-state index in [9.17, 15) is 0 Å². The lowest BCUT2D eigenvalue weighted by Gasteiger charge is -2.34. The number of rotatable bonds is 3. The Morgan fingerprint density at radius 1 is 1.36 bits per heavy atom. The monoisotopic (exact) mass is 158 g/mol. The maximum atomic E-state index is 5.88. The first-order chi connectivity index (χ1) is 4.76. The highest BCUT2D eigenvalue weighted by Gasteiger charge is 2.29. The SMILES string of the molecule is C=C(N)C(C(C)C)[N+](C)(C)N. The third kappa shape index (κ3) is 2.91. The highest BCUT2D eigenvalue weighted by atomic mass is 15.6. The molecule has 0 aromatic heterocycles. The van der Waals surface area contributed by atoms with Crippen molar-refractivity contribution in [2.45, 2.75) is 19.9 Å². The van der Waals surface area contributed by atoms with Crippen molar-refractivity contribution in [2.75, 3.05) is 14.1 Å². The molecule has 0 rings (SSSR count). The van der Waals surface area contributed by atoms with Crippen LogP contribution in [0.5, 0.6) is 0 Å². The highest BCUT2D eigenvalue weighted by Crippen LogP contribution is 2.15. The average molecular weight is 158 g/mol. The summed E-state index contributed by atoms with van der Waals surface area (Å²) < 4.78 is 0.354. The summed E-state index contributed by atoms with van der Waals surface area (Å²) in [4.78, 5) is 0. The van der Waals surface area contributed by atoms with Crippen molar-refractivity contribution < 1.29 is 4.59 Å². The zero-order valence-electron chi connectivity index (χ0n) is 7.96. The Morgan fingerprint density at radius 2 is 1.73 bits per heavy atom. The summed E-state index contributed by atoms with van der Waals surface area (Å²) >= 11 is 0. The van der Waals surface area contributed by atoms with E-state index in [1.54, 1.807) is 0 Å². The first-order valence-electron chi connectivity index (χ1n) is 3.83. The normalized spacial score (nSPS) is 15.1. The Balaban J connectivity index is 4.49. The molecule has 0 aromatic rings. The summed E-state index contributed by atoms with van der Waals surface area (Å²) in [5.74, 6) is 6.30. The van der Waals surface area contributed by atoms with Gasteiger partial charge < -0.3 is 5.73 Å². The lowest BCUT2D eigenvalue weighted by atomic mass is 10.0. The third-order valence-electron chi connectivity index (χ3n) is 1.73. The van der Waals surface area contributed by atoms with Crippen molar-refractivity contribution >= 4 is 0 Å². The molecule has 1 atom stereocenters. The minimum Gasteiger partial charge on any atom is -0.398 e. The molecule has 11 heavy (non-hydrogen) atoms. The summed E-state index contributed by atoms with van der Waals surface area (Å²) in [6, 6.07) is 0.134. The molecule has 0 aliphatic rings. The summed E-state index contributed by atoms with van der Waals surface area (Å²) in [6.07, 6.45) is 0. The van der Waals surface area contributed by atoms with E-state index in [0.29, 0.717) is 16.2 Å². The van der Waals surface area contributed by atoms with Gasteiger partial charge in [0.1, 0.15) is 6.04 Å². The molecule has 0 aliphatic heterocycles. The van der Waals surface area contributed by atoms with Crippen molar-refractivity contribution in [3.8, 4) is 0 Å². The molecule has 0 fully saturated rings. The topological polar surface area (TPSA) is 52.0 Å². The molecule has 4 N–H and O–H groups in total. The van der Waals surface area contributed by atoms with Crippen LogP contribution < -0.4 is 11.6 Å². The van der Waals surface area contributed by atoms with Gasteiger partial charge in [0.05, 0.1) is 19.8 Å². The van der Waals surface area contributed by atoms with Crippen LogP contribution in [0, 0.1) is 5.92 Å². The molecule has 0 saturated heterocycles. The fourth-order valence-electron chi connectivity index (χ4n) is 1.62. The van der Waals surface area contributed by atoms with Crippen molar-refractivity contribution in [1.82, 2.24) is 0 Å². The molecule has 3 nitrogen and oxygen atoms in total. The highest BCUT2D eigenvalue weighted by molar-refractivity contribution is 4.97. The van der Waals surface area contributed by atoms with Gasteiger partial charge in [-0.15, -0.1) is 0 Å². The van der Waals surface area contributed by atoms with Crippen LogP contribution >= 0.6 is 0 Å². The quantitative estimate of drug-likeness (QED) is 0.355. The van der Waals surface area contributed by atoms with Crippen LogP contribution in [0.2, 0.25) is 0 Å². The van der Waals surface area contributed by atoms with E-state index in [2.05, 4.69) is 20.4 Å². The van der Waals surface area contributed by atoms with Crippen molar-refractivity contribution in [3.05, 3.63) is 12.3 Å². The second kappa shape index (κ2) is 3.24. The number of hydrogen-bond acceptors (Lipinski definition) is 2. The van der Waals surface area contributed by atoms with E-state index in [4.69, 9.17) is 11.6 Å². The fraction of sp³-hybridized carbons (Fsp3) is 0.750. The molecule has 0 bridgehead atoms. The van der Waals surface area contributed by atoms with Crippen molar-refractivity contribution in [2.24, 2.45) is 17.5 Å². The average Bonchev–Trinajstić information content (AvgIpc) is 1.54. The number of likely N-dealkylation sites (N-methyl/N-ethyl adjacent to an activating group) is 1. The van der Waals surface area contributed by atoms with E-state index in [-0.39, 0.29) is 6.04 Å². The number of nitrogens with two attached hydrogens (primary N) is 2. The fourth-order valence-corrected chi connectivity index (χ4v) is 1.62. The smallest absolute Gasteiger partial charge is 0.147 e. The van der Waals surface area contributed by atoms with Gasteiger partial charge in [-0.1, -0.05) is 20.4 Å². The first kappa shape index (κ1) is 10.5. The van der Waals surface area contributed by atoms with Gasteiger partial charge in [0.2, 0.25) is 0 Å². The molecular weight excluding hydrogens is 138 g/mol. The van der Waals surface area contributed by atoms with Gasteiger partial charge in [0.25, 0.3) is 0 Å². The van der Waals surface area contributed by atoms with Crippen LogP contribution in [0.25, 0.3) is 0 Å². The molecule has 0 amide bonds. The zero-order valence-corrected chi connectivity index (χ0v) is 7.96. The maximum Gasteiger partial charge on any atom is 0.147 e. The number of nitrogens with zero attached hydrogens (tertiary/aromatic N) is 1. The van der Waals surface area contributed by atoms with Gasteiger partial charge in [0.15, 0.2) is 0 Å². The van der Waals surface area contributed by atoms with Crippen molar-refractivity contribution in [1.29, 1.82) is 0 Å². The van der Waals surface area contributed by atoms with E-state index in [0.717, 1.165) is 0 Å². The number of hydrogen-bond donors (Lipinski definition) is 2. The number of quaternary nitrogens is 1. The first-order valence-corrected chi connectivity index (χ1v) is 3.83. The van der Waals surface area contributed by atoms with Gasteiger partial charge in [-0.25, -0.2) is 4.59 Å². The van der Waals surface area contributed by atoms with Crippen LogP contribution in [0.15, 0.2) is 12.3 Å². The Kier molecular flexibility index (Phi) is 3.08. The van der Waals surface area contributed by atoms with Gasteiger partial charge in [-0.2, -0.15) is 5.84 Å². The minimum atomic E-state index is 0.134. The van der Waals surface area contributed by atoms with E-state index >= 15 is 0 Å². The van der Waals surface area contributed by atoms with E-state index in [1.165, 1.54) is 0 Å². The molecule has 0 saturated carbocycles. The van der Waals surface area contributed by atoms with Gasteiger partial charge in [-0.3, -0.25) is 0 Å². The molecule has 0 spiro atoms. The van der Waals surface area contributed by atoms with Crippen LogP contribution in [-0.2, 0) is 0 Å². The van der Waals surface area contributed by atoms with Crippen LogP contribution in [-0.4, -0.2) is 24.7 Å². The Labute approximate surface area is 69.2 Å². The largest absolute Gasteiger partial charge is 0.398 e. The zero-order chi connectivity index (χ0) is 9.23. The van der Waals surface area contributed by atoms with E-state index in [1.807, 2.05) is 14.1 Å². The predicted octanol–water partition coefficient (Wildman–Crippen LogP) is 0.434. The molecule has 1 unspecified atom stereocenters. The van der Waals surface area contributed by atoms with Gasteiger partial charge >= 0.3 is 0 Å². The Hall–Kier alpha value is -0.540. The maximum absolute atomic E-state index is 5.88. The molecule has 0 aliphatic carbocycles. The summed E-state index contributed by atoms with van der Waals surface area (Å²) in [7, 11) is 3.84. The molecule has 0 radical (unpaired) electrons. The van der Waals surface area contributed by atoms with E-state index < -0.39 is 0 Å². The van der Waals surface area contributed by atoms with Crippen LogP contribution in [0.4, 0.5) is 0 Å². The minimum absolute atomic E-state index is 0.134.